The lowest BCUT2D eigenvalue weighted by Gasteiger charge is -2.17. The second kappa shape index (κ2) is 6.05. The average Bonchev–Trinajstić information content (AvgIpc) is 2.19. The van der Waals surface area contributed by atoms with Gasteiger partial charge in [-0.1, -0.05) is 18.7 Å². The van der Waals surface area contributed by atoms with E-state index in [1.54, 1.807) is 6.92 Å². The number of carbonyl (C=O) groups excluding carboxylic acids is 1. The summed E-state index contributed by atoms with van der Waals surface area (Å²) in [6, 6.07) is 0. The smallest absolute Gasteiger partial charge is 0.340 e. The molecule has 0 bridgehead atoms. The quantitative estimate of drug-likeness (QED) is 0.330. The van der Waals surface area contributed by atoms with Gasteiger partial charge in [-0.25, -0.2) is 4.79 Å². The largest absolute Gasteiger partial charge is 0.462 e. The fourth-order valence-electron chi connectivity index (χ4n) is 1.00. The van der Waals surface area contributed by atoms with Crippen molar-refractivity contribution in [2.24, 2.45) is 5.73 Å². The van der Waals surface area contributed by atoms with Crippen LogP contribution in [0.2, 0.25) is 0 Å². The van der Waals surface area contributed by atoms with Gasteiger partial charge in [0.2, 0.25) is 0 Å². The van der Waals surface area contributed by atoms with Crippen LogP contribution in [0.15, 0.2) is 36.6 Å². The third-order valence-corrected chi connectivity index (χ3v) is 1.78. The molecule has 0 saturated carbocycles. The maximum absolute atomic E-state index is 13.3. The Morgan fingerprint density at radius 2 is 2.06 bits per heavy atom. The van der Waals surface area contributed by atoms with Gasteiger partial charge >= 0.3 is 5.97 Å². The number of carbonyl (C=O) groups is 1. The molecular formula is C11H15F2NO2. The molecule has 90 valence electrons. The standard InChI is InChI=1S/C11H15F2NO2/c1-4-7-11(12,13)9(14)8(5-2)10(15)16-6-3/h4-5H,1-2,6-7,14H2,3H3/b9-8-. The van der Waals surface area contributed by atoms with Gasteiger partial charge in [-0.2, -0.15) is 8.78 Å². The van der Waals surface area contributed by atoms with Gasteiger partial charge in [0, 0.05) is 6.42 Å². The van der Waals surface area contributed by atoms with Crippen molar-refractivity contribution < 1.29 is 18.3 Å². The van der Waals surface area contributed by atoms with Gasteiger partial charge in [0.05, 0.1) is 17.9 Å². The minimum atomic E-state index is -3.32. The van der Waals surface area contributed by atoms with Crippen molar-refractivity contribution in [3.63, 3.8) is 0 Å². The molecule has 0 aliphatic rings. The molecule has 0 rings (SSSR count). The van der Waals surface area contributed by atoms with E-state index < -0.39 is 29.6 Å². The maximum atomic E-state index is 13.3. The number of allylic oxidation sites excluding steroid dienone is 2. The third-order valence-electron chi connectivity index (χ3n) is 1.78. The maximum Gasteiger partial charge on any atom is 0.340 e. The first-order valence-corrected chi connectivity index (χ1v) is 4.69. The lowest BCUT2D eigenvalue weighted by atomic mass is 10.1. The normalized spacial score (nSPS) is 12.7. The van der Waals surface area contributed by atoms with Gasteiger partial charge in [-0.15, -0.1) is 6.58 Å². The van der Waals surface area contributed by atoms with Crippen LogP contribution in [-0.4, -0.2) is 18.5 Å². The molecule has 0 unspecified atom stereocenters. The Bertz CT molecular complexity index is 322. The molecule has 0 atom stereocenters. The van der Waals surface area contributed by atoms with Gasteiger partial charge in [0.15, 0.2) is 0 Å². The average molecular weight is 231 g/mol. The fourth-order valence-corrected chi connectivity index (χ4v) is 1.00. The molecule has 0 aliphatic carbocycles. The summed E-state index contributed by atoms with van der Waals surface area (Å²) in [5.74, 6) is -4.23. The zero-order valence-corrected chi connectivity index (χ0v) is 9.13. The first kappa shape index (κ1) is 14.3. The van der Waals surface area contributed by atoms with Crippen LogP contribution in [-0.2, 0) is 9.53 Å². The summed E-state index contributed by atoms with van der Waals surface area (Å²) in [4.78, 5) is 11.3. The number of ether oxygens (including phenoxy) is 1. The molecule has 0 saturated heterocycles. The Kier molecular flexibility index (Phi) is 5.42. The van der Waals surface area contributed by atoms with Gasteiger partial charge in [0.25, 0.3) is 5.92 Å². The molecule has 0 radical (unpaired) electrons. The number of esters is 1. The van der Waals surface area contributed by atoms with E-state index in [2.05, 4.69) is 17.9 Å². The molecule has 0 amide bonds. The number of hydrogen-bond donors (Lipinski definition) is 1. The van der Waals surface area contributed by atoms with Crippen molar-refractivity contribution in [2.75, 3.05) is 6.61 Å². The molecule has 3 nitrogen and oxygen atoms in total. The highest BCUT2D eigenvalue weighted by atomic mass is 19.3. The minimum Gasteiger partial charge on any atom is -0.462 e. The molecular weight excluding hydrogens is 216 g/mol. The van der Waals surface area contributed by atoms with Gasteiger partial charge in [-0.05, 0) is 6.92 Å². The van der Waals surface area contributed by atoms with Crippen molar-refractivity contribution in [1.29, 1.82) is 0 Å². The van der Waals surface area contributed by atoms with Crippen LogP contribution < -0.4 is 5.73 Å². The molecule has 5 heteroatoms. The van der Waals surface area contributed by atoms with Gasteiger partial charge in [0.1, 0.15) is 0 Å². The molecule has 16 heavy (non-hydrogen) atoms. The number of halogens is 2. The van der Waals surface area contributed by atoms with E-state index in [0.29, 0.717) is 0 Å². The fraction of sp³-hybridized carbons (Fsp3) is 0.364. The molecule has 2 N–H and O–H groups in total. The van der Waals surface area contributed by atoms with E-state index in [0.717, 1.165) is 12.2 Å². The zero-order chi connectivity index (χ0) is 12.8. The van der Waals surface area contributed by atoms with E-state index in [1.165, 1.54) is 0 Å². The lowest BCUT2D eigenvalue weighted by Crippen LogP contribution is -2.28. The summed E-state index contributed by atoms with van der Waals surface area (Å²) in [7, 11) is 0. The summed E-state index contributed by atoms with van der Waals surface area (Å²) in [5.41, 5.74) is 3.98. The molecule has 0 aliphatic heterocycles. The SMILES string of the molecule is C=CCC(F)(F)/C(N)=C(\C=C)C(=O)OCC. The van der Waals surface area contributed by atoms with E-state index >= 15 is 0 Å². The third kappa shape index (κ3) is 3.49. The van der Waals surface area contributed by atoms with Crippen LogP contribution in [0.4, 0.5) is 8.78 Å². The highest BCUT2D eigenvalue weighted by Gasteiger charge is 2.34. The molecule has 0 aromatic rings. The van der Waals surface area contributed by atoms with E-state index in [1.807, 2.05) is 0 Å². The van der Waals surface area contributed by atoms with Crippen LogP contribution >= 0.6 is 0 Å². The van der Waals surface area contributed by atoms with Crippen molar-refractivity contribution >= 4 is 5.97 Å². The Morgan fingerprint density at radius 3 is 2.44 bits per heavy atom. The monoisotopic (exact) mass is 231 g/mol. The van der Waals surface area contributed by atoms with Crippen LogP contribution in [0, 0.1) is 0 Å². The summed E-state index contributed by atoms with van der Waals surface area (Å²) in [6.45, 7) is 8.10. The molecule has 0 spiro atoms. The zero-order valence-electron chi connectivity index (χ0n) is 9.13. The lowest BCUT2D eigenvalue weighted by molar-refractivity contribution is -0.138. The Labute approximate surface area is 93.3 Å². The summed E-state index contributed by atoms with van der Waals surface area (Å²) in [5, 5.41) is 0. The second-order valence-corrected chi connectivity index (χ2v) is 2.95. The molecule has 0 aromatic carbocycles. The van der Waals surface area contributed by atoms with E-state index in [4.69, 9.17) is 5.73 Å². The van der Waals surface area contributed by atoms with Crippen LogP contribution in [0.1, 0.15) is 13.3 Å². The number of nitrogens with two attached hydrogens (primary N) is 1. The summed E-state index contributed by atoms with van der Waals surface area (Å²) < 4.78 is 31.3. The van der Waals surface area contributed by atoms with Crippen molar-refractivity contribution in [2.45, 2.75) is 19.3 Å². The number of rotatable bonds is 6. The van der Waals surface area contributed by atoms with E-state index in [9.17, 15) is 13.6 Å². The van der Waals surface area contributed by atoms with Gasteiger partial charge in [-0.3, -0.25) is 0 Å². The highest BCUT2D eigenvalue weighted by Crippen LogP contribution is 2.27. The Hall–Kier alpha value is -1.65. The molecule has 0 aromatic heterocycles. The molecule has 0 fully saturated rings. The first-order chi connectivity index (χ1) is 7.40. The number of alkyl halides is 2. The second-order valence-electron chi connectivity index (χ2n) is 2.95. The van der Waals surface area contributed by atoms with Crippen LogP contribution in [0.5, 0.6) is 0 Å². The predicted octanol–water partition coefficient (Wildman–Crippen LogP) is 2.16. The van der Waals surface area contributed by atoms with Gasteiger partial charge < -0.3 is 10.5 Å². The highest BCUT2D eigenvalue weighted by molar-refractivity contribution is 5.92. The Balaban J connectivity index is 5.21. The first-order valence-electron chi connectivity index (χ1n) is 4.69. The van der Waals surface area contributed by atoms with Crippen LogP contribution in [0.3, 0.4) is 0 Å². The predicted molar refractivity (Wildman–Crippen MR) is 57.8 cm³/mol. The van der Waals surface area contributed by atoms with Crippen molar-refractivity contribution in [1.82, 2.24) is 0 Å². The summed E-state index contributed by atoms with van der Waals surface area (Å²) in [6.07, 6.45) is 1.35. The Morgan fingerprint density at radius 1 is 1.50 bits per heavy atom. The molecule has 0 heterocycles. The van der Waals surface area contributed by atoms with Crippen molar-refractivity contribution in [3.05, 3.63) is 36.6 Å². The minimum absolute atomic E-state index is 0.0798. The van der Waals surface area contributed by atoms with E-state index in [-0.39, 0.29) is 6.61 Å². The topological polar surface area (TPSA) is 52.3 Å². The summed E-state index contributed by atoms with van der Waals surface area (Å²) >= 11 is 0. The number of hydrogen-bond acceptors (Lipinski definition) is 3. The van der Waals surface area contributed by atoms with Crippen LogP contribution in [0.25, 0.3) is 0 Å². The van der Waals surface area contributed by atoms with Crippen molar-refractivity contribution in [3.8, 4) is 0 Å².